The summed E-state index contributed by atoms with van der Waals surface area (Å²) in [4.78, 5) is 23.6. The first-order valence-electron chi connectivity index (χ1n) is 16.7. The number of rotatable bonds is 5. The van der Waals surface area contributed by atoms with Crippen LogP contribution in [0.25, 0.3) is 0 Å². The number of pyridine rings is 1. The molecule has 0 aromatic carbocycles. The maximum Gasteiger partial charge on any atom is 0.263 e. The zero-order chi connectivity index (χ0) is 29.4. The number of piperazine rings is 1. The van der Waals surface area contributed by atoms with Crippen LogP contribution >= 0.6 is 0 Å². The van der Waals surface area contributed by atoms with Gasteiger partial charge in [0.05, 0.1) is 29.7 Å². The molecule has 4 fully saturated rings. The Kier molecular flexibility index (Phi) is 8.20. The molecular weight excluding hydrogens is 547 g/mol. The van der Waals surface area contributed by atoms with Crippen molar-refractivity contribution in [2.24, 2.45) is 0 Å². The van der Waals surface area contributed by atoms with Gasteiger partial charge in [0, 0.05) is 51.6 Å². The number of nitrogens with one attached hydrogen (secondary N) is 2. The van der Waals surface area contributed by atoms with E-state index in [1.54, 1.807) is 10.9 Å². The molecule has 5 aliphatic rings. The minimum atomic E-state index is -1.09. The van der Waals surface area contributed by atoms with E-state index < -0.39 is 11.7 Å². The van der Waals surface area contributed by atoms with Crippen LogP contribution in [0.2, 0.25) is 0 Å². The molecule has 2 aliphatic carbocycles. The van der Waals surface area contributed by atoms with Crippen molar-refractivity contribution in [1.29, 1.82) is 0 Å². The molecule has 2 saturated carbocycles. The van der Waals surface area contributed by atoms with Crippen LogP contribution in [-0.2, 0) is 10.3 Å². The molecule has 1 amide bonds. The van der Waals surface area contributed by atoms with Crippen molar-refractivity contribution >= 4 is 28.9 Å². The van der Waals surface area contributed by atoms with Gasteiger partial charge in [0.1, 0.15) is 17.6 Å². The lowest BCUT2D eigenvalue weighted by Crippen LogP contribution is -2.51. The summed E-state index contributed by atoms with van der Waals surface area (Å²) in [5.41, 5.74) is 9.01. The number of aromatic nitrogens is 3. The number of ether oxygens (including phenoxy) is 1. The second-order valence-corrected chi connectivity index (χ2v) is 13.3. The SMILES string of the molecule is Nc1nn2c(c1C(=O)Nc1cncc(C3CC3)c1N1CCN([C@H]3CCOC3)CC1)NCC(F)C21CCCCCCCCC1. The highest BCUT2D eigenvalue weighted by molar-refractivity contribution is 6.12. The minimum Gasteiger partial charge on any atom is -0.381 e. The number of fused-ring (bicyclic) bond motifs is 2. The highest BCUT2D eigenvalue weighted by Crippen LogP contribution is 2.47. The molecule has 1 spiro atoms. The predicted molar refractivity (Wildman–Crippen MR) is 167 cm³/mol. The molecule has 43 heavy (non-hydrogen) atoms. The lowest BCUT2D eigenvalue weighted by atomic mass is 9.80. The Bertz CT molecular complexity index is 1290. The zero-order valence-electron chi connectivity index (χ0n) is 25.3. The van der Waals surface area contributed by atoms with Crippen LogP contribution < -0.4 is 21.3 Å². The number of halogens is 1. The van der Waals surface area contributed by atoms with Crippen LogP contribution in [0, 0.1) is 0 Å². The molecule has 2 aromatic heterocycles. The van der Waals surface area contributed by atoms with Crippen LogP contribution in [0.3, 0.4) is 0 Å². The van der Waals surface area contributed by atoms with Gasteiger partial charge in [-0.2, -0.15) is 5.10 Å². The number of nitrogens with two attached hydrogens (primary N) is 1. The molecule has 2 saturated heterocycles. The number of hydrogen-bond donors (Lipinski definition) is 3. The number of carbonyl (C=O) groups excluding carboxylic acids is 1. The number of carbonyl (C=O) groups is 1. The standard InChI is InChI=1S/C32H47FN8O2/c33-26-20-36-30-27(29(34)38-41(30)32(26)11-6-4-2-1-3-5-7-12-32)31(42)37-25-19-35-18-24(22-8-9-22)28(25)40-15-13-39(14-16-40)23-10-17-43-21-23/h18-19,22-23,26,36H,1-17,20-21H2,(H2,34,38)(H,37,42)/t23-,26?/m0/s1. The molecule has 3 aliphatic heterocycles. The molecule has 7 rings (SSSR count). The third kappa shape index (κ3) is 5.59. The Labute approximate surface area is 253 Å². The lowest BCUT2D eigenvalue weighted by Gasteiger charge is -2.42. The second kappa shape index (κ2) is 12.2. The highest BCUT2D eigenvalue weighted by atomic mass is 19.1. The normalized spacial score (nSPS) is 26.6. The number of nitrogen functional groups attached to an aromatic ring is 1. The molecule has 4 N–H and O–H groups in total. The van der Waals surface area contributed by atoms with E-state index >= 15 is 4.39 Å². The van der Waals surface area contributed by atoms with E-state index in [1.807, 2.05) is 6.20 Å². The van der Waals surface area contributed by atoms with Crippen molar-refractivity contribution < 1.29 is 13.9 Å². The number of alkyl halides is 1. The highest BCUT2D eigenvalue weighted by Gasteiger charge is 2.47. The third-order valence-electron chi connectivity index (χ3n) is 10.6. The monoisotopic (exact) mass is 594 g/mol. The summed E-state index contributed by atoms with van der Waals surface area (Å²) < 4.78 is 23.2. The molecule has 0 radical (unpaired) electrons. The lowest BCUT2D eigenvalue weighted by molar-refractivity contribution is 0.0721. The first-order chi connectivity index (χ1) is 21.0. The van der Waals surface area contributed by atoms with E-state index in [0.29, 0.717) is 41.9 Å². The predicted octanol–water partition coefficient (Wildman–Crippen LogP) is 4.88. The molecule has 234 valence electrons. The smallest absolute Gasteiger partial charge is 0.263 e. The van der Waals surface area contributed by atoms with Crippen molar-refractivity contribution in [1.82, 2.24) is 19.7 Å². The summed E-state index contributed by atoms with van der Waals surface area (Å²) in [6.45, 7) is 5.53. The summed E-state index contributed by atoms with van der Waals surface area (Å²) in [6, 6.07) is 0.504. The fourth-order valence-electron chi connectivity index (χ4n) is 7.96. The summed E-state index contributed by atoms with van der Waals surface area (Å²) in [5.74, 6) is 0.841. The molecule has 1 unspecified atom stereocenters. The Morgan fingerprint density at radius 2 is 1.74 bits per heavy atom. The van der Waals surface area contributed by atoms with Crippen molar-refractivity contribution in [3.63, 3.8) is 0 Å². The number of amides is 1. The fourth-order valence-corrected chi connectivity index (χ4v) is 7.96. The van der Waals surface area contributed by atoms with Gasteiger partial charge in [0.15, 0.2) is 5.82 Å². The number of hydrogen-bond acceptors (Lipinski definition) is 8. The van der Waals surface area contributed by atoms with Gasteiger partial charge in [0.2, 0.25) is 0 Å². The molecule has 0 bridgehead atoms. The summed E-state index contributed by atoms with van der Waals surface area (Å²) in [5, 5.41) is 11.1. The first-order valence-corrected chi connectivity index (χ1v) is 16.7. The van der Waals surface area contributed by atoms with Gasteiger partial charge in [-0.15, -0.1) is 0 Å². The van der Waals surface area contributed by atoms with E-state index in [-0.39, 0.29) is 18.3 Å². The summed E-state index contributed by atoms with van der Waals surface area (Å²) >= 11 is 0. The van der Waals surface area contributed by atoms with Crippen molar-refractivity contribution in [2.75, 3.05) is 67.2 Å². The summed E-state index contributed by atoms with van der Waals surface area (Å²) in [7, 11) is 0. The Morgan fingerprint density at radius 1 is 1.02 bits per heavy atom. The van der Waals surface area contributed by atoms with Crippen LogP contribution in [0.15, 0.2) is 12.4 Å². The average molecular weight is 595 g/mol. The topological polar surface area (TPSA) is 114 Å². The van der Waals surface area contributed by atoms with Crippen LogP contribution in [0.1, 0.15) is 98.9 Å². The average Bonchev–Trinajstić information content (AvgIpc) is 3.60. The van der Waals surface area contributed by atoms with E-state index in [2.05, 4.69) is 30.5 Å². The molecule has 2 aromatic rings. The first kappa shape index (κ1) is 28.8. The van der Waals surface area contributed by atoms with Gasteiger partial charge in [-0.3, -0.25) is 14.7 Å². The van der Waals surface area contributed by atoms with Crippen molar-refractivity contribution in [2.45, 2.75) is 101 Å². The van der Waals surface area contributed by atoms with Crippen LogP contribution in [-0.4, -0.2) is 83.7 Å². The Balaban J connectivity index is 1.16. The second-order valence-electron chi connectivity index (χ2n) is 13.3. The van der Waals surface area contributed by atoms with E-state index in [9.17, 15) is 4.79 Å². The maximum atomic E-state index is 15.9. The van der Waals surface area contributed by atoms with Crippen LogP contribution in [0.5, 0.6) is 0 Å². The molecule has 11 heteroatoms. The van der Waals surface area contributed by atoms with Gasteiger partial charge >= 0.3 is 0 Å². The fraction of sp³-hybridized carbons (Fsp3) is 0.719. The zero-order valence-corrected chi connectivity index (χ0v) is 25.3. The Hall–Kier alpha value is -2.92. The van der Waals surface area contributed by atoms with Crippen molar-refractivity contribution in [3.8, 4) is 0 Å². The molecular formula is C32H47FN8O2. The maximum absolute atomic E-state index is 15.9. The van der Waals surface area contributed by atoms with Crippen molar-refractivity contribution in [3.05, 3.63) is 23.5 Å². The largest absolute Gasteiger partial charge is 0.381 e. The van der Waals surface area contributed by atoms with Gasteiger partial charge in [-0.25, -0.2) is 9.07 Å². The Morgan fingerprint density at radius 3 is 2.42 bits per heavy atom. The molecule has 10 nitrogen and oxygen atoms in total. The summed E-state index contributed by atoms with van der Waals surface area (Å²) in [6.07, 6.45) is 15.2. The van der Waals surface area contributed by atoms with Gasteiger partial charge in [-0.05, 0) is 43.6 Å². The third-order valence-corrected chi connectivity index (χ3v) is 10.6. The van der Waals surface area contributed by atoms with Gasteiger partial charge in [0.25, 0.3) is 5.91 Å². The number of anilines is 4. The van der Waals surface area contributed by atoms with E-state index in [0.717, 1.165) is 90.0 Å². The van der Waals surface area contributed by atoms with Gasteiger partial charge in [-0.1, -0.05) is 44.9 Å². The minimum absolute atomic E-state index is 0.144. The quantitative estimate of drug-likeness (QED) is 0.449. The van der Waals surface area contributed by atoms with Crippen LogP contribution in [0.4, 0.5) is 27.4 Å². The van der Waals surface area contributed by atoms with Gasteiger partial charge < -0.3 is 26.0 Å². The number of nitrogens with zero attached hydrogens (tertiary/aromatic N) is 5. The molecule has 2 atom stereocenters. The van der Waals surface area contributed by atoms with E-state index in [1.165, 1.54) is 24.8 Å². The molecule has 5 heterocycles. The van der Waals surface area contributed by atoms with E-state index in [4.69, 9.17) is 10.5 Å².